The highest BCUT2D eigenvalue weighted by molar-refractivity contribution is 7.98. The van der Waals surface area contributed by atoms with Crippen molar-refractivity contribution in [1.29, 1.82) is 0 Å². The lowest BCUT2D eigenvalue weighted by atomic mass is 9.97. The first-order valence-electron chi connectivity index (χ1n) is 10.2. The molecule has 0 fully saturated rings. The molecule has 4 unspecified atom stereocenters. The van der Waals surface area contributed by atoms with Gasteiger partial charge in [-0.15, -0.1) is 0 Å². The van der Waals surface area contributed by atoms with Crippen molar-refractivity contribution in [2.45, 2.75) is 64.1 Å². The zero-order chi connectivity index (χ0) is 23.1. The molecule has 0 saturated carbocycles. The minimum Gasteiger partial charge on any atom is -0.480 e. The van der Waals surface area contributed by atoms with E-state index in [4.69, 9.17) is 16.6 Å². The molecular formula is C19H37N5O5S. The third-order valence-corrected chi connectivity index (χ3v) is 5.40. The van der Waals surface area contributed by atoms with Crippen LogP contribution in [0.25, 0.3) is 0 Å². The molecule has 3 amide bonds. The van der Waals surface area contributed by atoms with Crippen molar-refractivity contribution >= 4 is 35.5 Å². The van der Waals surface area contributed by atoms with Crippen molar-refractivity contribution in [2.24, 2.45) is 17.4 Å². The zero-order valence-electron chi connectivity index (χ0n) is 18.1. The van der Waals surface area contributed by atoms with Gasteiger partial charge < -0.3 is 32.5 Å². The third-order valence-electron chi connectivity index (χ3n) is 4.76. The zero-order valence-corrected chi connectivity index (χ0v) is 18.9. The number of amides is 3. The molecule has 30 heavy (non-hydrogen) atoms. The molecule has 8 N–H and O–H groups in total. The largest absolute Gasteiger partial charge is 0.480 e. The van der Waals surface area contributed by atoms with Gasteiger partial charge in [-0.1, -0.05) is 20.3 Å². The second-order valence-electron chi connectivity index (χ2n) is 7.22. The monoisotopic (exact) mass is 447 g/mol. The number of rotatable bonds is 16. The molecule has 0 aliphatic carbocycles. The number of carbonyl (C=O) groups is 4. The standard InChI is InChI=1S/C19H37N5O5S/c1-4-12(2)16(19(29)22-11-15(25)26)24-18(28)14(7-5-6-9-20)23-17(27)13(21)8-10-30-3/h12-14,16H,4-11,20-21H2,1-3H3,(H,22,29)(H,23,27)(H,24,28)(H,25,26). The Balaban J connectivity index is 5.23. The van der Waals surface area contributed by atoms with E-state index in [1.165, 1.54) is 0 Å². The lowest BCUT2D eigenvalue weighted by Gasteiger charge is -2.27. The van der Waals surface area contributed by atoms with Gasteiger partial charge in [0.25, 0.3) is 0 Å². The van der Waals surface area contributed by atoms with E-state index < -0.39 is 48.4 Å². The number of hydrogen-bond donors (Lipinski definition) is 6. The third kappa shape index (κ3) is 11.4. The Labute approximate surface area is 182 Å². The first-order chi connectivity index (χ1) is 14.2. The fourth-order valence-electron chi connectivity index (χ4n) is 2.64. The Bertz CT molecular complexity index is 563. The fourth-order valence-corrected chi connectivity index (χ4v) is 3.13. The Kier molecular flexibility index (Phi) is 14.9. The molecule has 174 valence electrons. The molecule has 0 aliphatic heterocycles. The van der Waals surface area contributed by atoms with E-state index in [1.807, 2.05) is 13.2 Å². The summed E-state index contributed by atoms with van der Waals surface area (Å²) in [7, 11) is 0. The van der Waals surface area contributed by atoms with Crippen molar-refractivity contribution in [1.82, 2.24) is 16.0 Å². The predicted octanol–water partition coefficient (Wildman–Crippen LogP) is -0.588. The van der Waals surface area contributed by atoms with Gasteiger partial charge in [0.15, 0.2) is 0 Å². The lowest BCUT2D eigenvalue weighted by molar-refractivity contribution is -0.139. The van der Waals surface area contributed by atoms with E-state index in [9.17, 15) is 19.2 Å². The van der Waals surface area contributed by atoms with Gasteiger partial charge >= 0.3 is 5.97 Å². The Morgan fingerprint density at radius 3 is 2.23 bits per heavy atom. The molecule has 0 radical (unpaired) electrons. The molecule has 0 saturated heterocycles. The van der Waals surface area contributed by atoms with E-state index in [0.29, 0.717) is 38.6 Å². The molecule has 0 bridgehead atoms. The highest BCUT2D eigenvalue weighted by atomic mass is 32.2. The molecule has 11 heteroatoms. The van der Waals surface area contributed by atoms with Crippen LogP contribution in [0.3, 0.4) is 0 Å². The van der Waals surface area contributed by atoms with Crippen molar-refractivity contribution in [2.75, 3.05) is 25.1 Å². The first kappa shape index (κ1) is 28.1. The molecule has 10 nitrogen and oxygen atoms in total. The Morgan fingerprint density at radius 2 is 1.70 bits per heavy atom. The topological polar surface area (TPSA) is 177 Å². The van der Waals surface area contributed by atoms with Crippen LogP contribution >= 0.6 is 11.8 Å². The smallest absolute Gasteiger partial charge is 0.322 e. The first-order valence-corrected chi connectivity index (χ1v) is 11.6. The molecule has 0 aromatic heterocycles. The molecule has 0 aromatic rings. The van der Waals surface area contributed by atoms with Crippen molar-refractivity contribution in [3.8, 4) is 0 Å². The van der Waals surface area contributed by atoms with Gasteiger partial charge in [0.05, 0.1) is 6.04 Å². The van der Waals surface area contributed by atoms with E-state index >= 15 is 0 Å². The summed E-state index contributed by atoms with van der Waals surface area (Å²) >= 11 is 1.57. The number of unbranched alkanes of at least 4 members (excludes halogenated alkanes) is 1. The van der Waals surface area contributed by atoms with Crippen LogP contribution < -0.4 is 27.4 Å². The van der Waals surface area contributed by atoms with Gasteiger partial charge in [-0.3, -0.25) is 19.2 Å². The second-order valence-corrected chi connectivity index (χ2v) is 8.20. The number of nitrogens with two attached hydrogens (primary N) is 2. The van der Waals surface area contributed by atoms with Crippen LogP contribution in [-0.2, 0) is 19.2 Å². The number of thioether (sulfide) groups is 1. The summed E-state index contributed by atoms with van der Waals surface area (Å²) in [6.07, 6.45) is 4.65. The molecule has 0 aliphatic rings. The average Bonchev–Trinajstić information content (AvgIpc) is 2.72. The van der Waals surface area contributed by atoms with Gasteiger partial charge in [-0.25, -0.2) is 0 Å². The highest BCUT2D eigenvalue weighted by Crippen LogP contribution is 2.10. The summed E-state index contributed by atoms with van der Waals surface area (Å²) in [5.41, 5.74) is 11.4. The van der Waals surface area contributed by atoms with E-state index in [1.54, 1.807) is 18.7 Å². The molecule has 0 aromatic carbocycles. The summed E-state index contributed by atoms with van der Waals surface area (Å²) < 4.78 is 0. The molecular weight excluding hydrogens is 410 g/mol. The highest BCUT2D eigenvalue weighted by Gasteiger charge is 2.30. The Morgan fingerprint density at radius 1 is 1.03 bits per heavy atom. The number of hydrogen-bond acceptors (Lipinski definition) is 7. The maximum Gasteiger partial charge on any atom is 0.322 e. The van der Waals surface area contributed by atoms with Gasteiger partial charge in [0.2, 0.25) is 17.7 Å². The minimum absolute atomic E-state index is 0.230. The van der Waals surface area contributed by atoms with E-state index in [-0.39, 0.29) is 5.92 Å². The van der Waals surface area contributed by atoms with Crippen LogP contribution in [0.15, 0.2) is 0 Å². The maximum absolute atomic E-state index is 12.9. The number of aliphatic carboxylic acids is 1. The fraction of sp³-hybridized carbons (Fsp3) is 0.789. The number of carbonyl (C=O) groups excluding carboxylic acids is 3. The quantitative estimate of drug-likeness (QED) is 0.170. The van der Waals surface area contributed by atoms with Crippen molar-refractivity contribution in [3.63, 3.8) is 0 Å². The summed E-state index contributed by atoms with van der Waals surface area (Å²) in [5.74, 6) is -2.20. The van der Waals surface area contributed by atoms with Crippen molar-refractivity contribution < 1.29 is 24.3 Å². The van der Waals surface area contributed by atoms with Crippen LogP contribution in [0.2, 0.25) is 0 Å². The maximum atomic E-state index is 12.9. The normalized spacial score (nSPS) is 14.8. The van der Waals surface area contributed by atoms with Gasteiger partial charge in [0.1, 0.15) is 18.6 Å². The van der Waals surface area contributed by atoms with E-state index in [2.05, 4.69) is 16.0 Å². The van der Waals surface area contributed by atoms with Gasteiger partial charge in [-0.05, 0) is 50.2 Å². The molecule has 0 rings (SSSR count). The summed E-state index contributed by atoms with van der Waals surface area (Å²) in [6.45, 7) is 3.57. The number of carboxylic acid groups (broad SMARTS) is 1. The minimum atomic E-state index is -1.18. The number of carboxylic acids is 1. The van der Waals surface area contributed by atoms with E-state index in [0.717, 1.165) is 5.75 Å². The van der Waals surface area contributed by atoms with Crippen LogP contribution in [0.4, 0.5) is 0 Å². The molecule has 0 spiro atoms. The number of nitrogens with one attached hydrogen (secondary N) is 3. The molecule has 0 heterocycles. The van der Waals surface area contributed by atoms with Crippen LogP contribution in [0.1, 0.15) is 46.0 Å². The van der Waals surface area contributed by atoms with Gasteiger partial charge in [-0.2, -0.15) is 11.8 Å². The summed E-state index contributed by atoms with van der Waals surface area (Å²) in [6, 6.07) is -2.50. The average molecular weight is 448 g/mol. The SMILES string of the molecule is CCC(C)C(NC(=O)C(CCCCN)NC(=O)C(N)CCSC)C(=O)NCC(=O)O. The van der Waals surface area contributed by atoms with Crippen molar-refractivity contribution in [3.05, 3.63) is 0 Å². The van der Waals surface area contributed by atoms with Gasteiger partial charge in [0, 0.05) is 0 Å². The van der Waals surface area contributed by atoms with Crippen LogP contribution in [-0.4, -0.2) is 72.0 Å². The lowest BCUT2D eigenvalue weighted by Crippen LogP contribution is -2.57. The van der Waals surface area contributed by atoms with Crippen LogP contribution in [0, 0.1) is 5.92 Å². The van der Waals surface area contributed by atoms with Crippen LogP contribution in [0.5, 0.6) is 0 Å². The predicted molar refractivity (Wildman–Crippen MR) is 118 cm³/mol. The summed E-state index contributed by atoms with van der Waals surface area (Å²) in [4.78, 5) is 48.4. The summed E-state index contributed by atoms with van der Waals surface area (Å²) in [5, 5.41) is 16.4. The second kappa shape index (κ2) is 15.9. The Hall–Kier alpha value is -1.85. The molecule has 4 atom stereocenters.